The van der Waals surface area contributed by atoms with Crippen molar-refractivity contribution in [1.29, 1.82) is 0 Å². The van der Waals surface area contributed by atoms with E-state index in [4.69, 9.17) is 11.6 Å². The molecule has 0 saturated heterocycles. The molecule has 22 heavy (non-hydrogen) atoms. The number of hydrogen-bond acceptors (Lipinski definition) is 3. The van der Waals surface area contributed by atoms with Crippen molar-refractivity contribution < 1.29 is 27.5 Å². The Labute approximate surface area is 129 Å². The van der Waals surface area contributed by atoms with Crippen LogP contribution in [0.1, 0.15) is 5.56 Å². The predicted octanol–water partition coefficient (Wildman–Crippen LogP) is 2.57. The second-order valence-electron chi connectivity index (χ2n) is 4.37. The smallest absolute Gasteiger partial charge is 0.467 e. The highest BCUT2D eigenvalue weighted by atomic mass is 35.5. The fourth-order valence-electron chi connectivity index (χ4n) is 1.82. The molecule has 0 aliphatic rings. The number of methoxy groups -OCH3 is 1. The van der Waals surface area contributed by atoms with Crippen molar-refractivity contribution in [3.63, 3.8) is 0 Å². The Morgan fingerprint density at radius 1 is 1.27 bits per heavy atom. The highest BCUT2D eigenvalue weighted by Gasteiger charge is 2.47. The molecule has 0 aliphatic carbocycles. The number of carbonyl (C=O) groups is 2. The maximum atomic E-state index is 12.5. The first-order chi connectivity index (χ1) is 10.2. The molecule has 0 saturated carbocycles. The van der Waals surface area contributed by atoms with Crippen LogP contribution < -0.4 is 5.32 Å². The fraction of sp³-hybridized carbons (Fsp3) is 0.286. The third-order valence-electron chi connectivity index (χ3n) is 2.82. The zero-order valence-electron chi connectivity index (χ0n) is 11.5. The van der Waals surface area contributed by atoms with E-state index in [1.54, 1.807) is 35.6 Å². The number of hydrogen-bond donors (Lipinski definition) is 1. The zero-order valence-corrected chi connectivity index (χ0v) is 12.2. The minimum Gasteiger partial charge on any atom is -0.467 e. The molecule has 0 aliphatic heterocycles. The van der Waals surface area contributed by atoms with E-state index in [0.717, 1.165) is 18.7 Å². The number of amides is 1. The van der Waals surface area contributed by atoms with Gasteiger partial charge in [-0.25, -0.2) is 4.79 Å². The first-order valence-electron chi connectivity index (χ1n) is 6.05. The van der Waals surface area contributed by atoms with Crippen molar-refractivity contribution in [2.75, 3.05) is 7.11 Å². The Kier molecular flexibility index (Phi) is 5.99. The van der Waals surface area contributed by atoms with Crippen LogP contribution in [0.25, 0.3) is 0 Å². The summed E-state index contributed by atoms with van der Waals surface area (Å²) in [6.07, 6.45) is -4.43. The summed E-state index contributed by atoms with van der Waals surface area (Å²) < 4.78 is 42.0. The molecule has 1 aromatic carbocycles. The largest absolute Gasteiger partial charge is 0.471 e. The molecule has 1 rings (SSSR count). The minimum atomic E-state index is -5.14. The highest BCUT2D eigenvalue weighted by molar-refractivity contribution is 6.25. The molecule has 1 N–H and O–H groups in total. The average Bonchev–Trinajstić information content (AvgIpc) is 2.46. The van der Waals surface area contributed by atoms with Gasteiger partial charge in [-0.1, -0.05) is 41.9 Å². The molecule has 120 valence electrons. The van der Waals surface area contributed by atoms with Gasteiger partial charge in [0.05, 0.1) is 7.11 Å². The summed E-state index contributed by atoms with van der Waals surface area (Å²) >= 11 is 5.43. The van der Waals surface area contributed by atoms with Gasteiger partial charge in [0.2, 0.25) is 0 Å². The van der Waals surface area contributed by atoms with E-state index in [2.05, 4.69) is 4.74 Å². The van der Waals surface area contributed by atoms with Gasteiger partial charge < -0.3 is 10.1 Å². The maximum absolute atomic E-state index is 12.5. The van der Waals surface area contributed by atoms with Crippen molar-refractivity contribution in [3.05, 3.63) is 47.5 Å². The van der Waals surface area contributed by atoms with Gasteiger partial charge in [0, 0.05) is 12.0 Å². The van der Waals surface area contributed by atoms with Crippen LogP contribution in [-0.2, 0) is 20.7 Å². The zero-order chi connectivity index (χ0) is 16.8. The van der Waals surface area contributed by atoms with Crippen LogP contribution in [0.4, 0.5) is 13.2 Å². The van der Waals surface area contributed by atoms with Crippen molar-refractivity contribution in [3.8, 4) is 0 Å². The Balaban J connectivity index is 3.23. The quantitative estimate of drug-likeness (QED) is 0.841. The lowest BCUT2D eigenvalue weighted by Gasteiger charge is -2.29. The topological polar surface area (TPSA) is 55.4 Å². The first kappa shape index (κ1) is 18.0. The Morgan fingerprint density at radius 2 is 1.86 bits per heavy atom. The van der Waals surface area contributed by atoms with Crippen molar-refractivity contribution in [2.45, 2.75) is 18.1 Å². The number of alkyl halides is 3. The van der Waals surface area contributed by atoms with Gasteiger partial charge in [-0.05, 0) is 11.6 Å². The van der Waals surface area contributed by atoms with Gasteiger partial charge >= 0.3 is 18.1 Å². The molecular weight excluding hydrogens is 323 g/mol. The Hall–Kier alpha value is -2.02. The third kappa shape index (κ3) is 4.49. The normalized spacial score (nSPS) is 14.4. The van der Waals surface area contributed by atoms with Gasteiger partial charge in [-0.3, -0.25) is 4.79 Å². The van der Waals surface area contributed by atoms with E-state index >= 15 is 0 Å². The van der Waals surface area contributed by atoms with Crippen LogP contribution in [0.2, 0.25) is 0 Å². The van der Waals surface area contributed by atoms with E-state index in [1.165, 1.54) is 0 Å². The number of esters is 1. The lowest BCUT2D eigenvalue weighted by Crippen LogP contribution is -2.58. The van der Waals surface area contributed by atoms with Gasteiger partial charge in [-0.15, -0.1) is 0 Å². The molecule has 1 atom stereocenters. The summed E-state index contributed by atoms with van der Waals surface area (Å²) in [5, 5.41) is 1.66. The fourth-order valence-corrected chi connectivity index (χ4v) is 2.03. The summed E-state index contributed by atoms with van der Waals surface area (Å²) in [5.74, 6) is -3.32. The number of ether oxygens (including phenoxy) is 1. The second-order valence-corrected chi connectivity index (χ2v) is 4.62. The molecule has 8 heteroatoms. The monoisotopic (exact) mass is 335 g/mol. The summed E-state index contributed by atoms with van der Waals surface area (Å²) in [7, 11) is 1.00. The maximum Gasteiger partial charge on any atom is 0.471 e. The summed E-state index contributed by atoms with van der Waals surface area (Å²) in [6, 6.07) is 8.19. The third-order valence-corrected chi connectivity index (χ3v) is 2.94. The lowest BCUT2D eigenvalue weighted by molar-refractivity contribution is -0.177. The van der Waals surface area contributed by atoms with Crippen LogP contribution in [0.15, 0.2) is 41.9 Å². The molecular formula is C14H13ClF3NO3. The average molecular weight is 336 g/mol. The predicted molar refractivity (Wildman–Crippen MR) is 74.1 cm³/mol. The van der Waals surface area contributed by atoms with Gasteiger partial charge in [0.15, 0.2) is 5.54 Å². The van der Waals surface area contributed by atoms with Crippen molar-refractivity contribution in [2.24, 2.45) is 0 Å². The van der Waals surface area contributed by atoms with Gasteiger partial charge in [0.25, 0.3) is 0 Å². The summed E-state index contributed by atoms with van der Waals surface area (Å²) in [6.45, 7) is 0. The lowest BCUT2D eigenvalue weighted by atomic mass is 9.90. The molecule has 0 radical (unpaired) electrons. The number of carbonyl (C=O) groups excluding carboxylic acids is 2. The summed E-state index contributed by atoms with van der Waals surface area (Å²) in [4.78, 5) is 23.2. The van der Waals surface area contributed by atoms with Gasteiger partial charge in [0.1, 0.15) is 0 Å². The Morgan fingerprint density at radius 3 is 2.32 bits per heavy atom. The van der Waals surface area contributed by atoms with E-state index < -0.39 is 23.6 Å². The van der Waals surface area contributed by atoms with E-state index in [-0.39, 0.29) is 6.42 Å². The van der Waals surface area contributed by atoms with Crippen molar-refractivity contribution >= 4 is 23.5 Å². The molecule has 0 fully saturated rings. The number of halogens is 4. The molecule has 0 unspecified atom stereocenters. The summed E-state index contributed by atoms with van der Waals surface area (Å²) in [5.41, 5.74) is -0.675. The van der Waals surface area contributed by atoms with Gasteiger partial charge in [-0.2, -0.15) is 13.2 Å². The van der Waals surface area contributed by atoms with Crippen LogP contribution in [0, 0.1) is 0 Å². The number of benzene rings is 1. The number of nitrogens with one attached hydrogen (secondary N) is 1. The van der Waals surface area contributed by atoms with E-state index in [0.29, 0.717) is 5.56 Å². The Bertz CT molecular complexity index is 560. The minimum absolute atomic E-state index is 0.244. The molecule has 0 bridgehead atoms. The van der Waals surface area contributed by atoms with Crippen LogP contribution in [0.5, 0.6) is 0 Å². The van der Waals surface area contributed by atoms with Crippen LogP contribution in [-0.4, -0.2) is 30.7 Å². The molecule has 0 heterocycles. The SMILES string of the molecule is COC(=O)[C@@](/C=C/Cl)(Cc1ccccc1)NC(=O)C(F)(F)F. The van der Waals surface area contributed by atoms with Crippen LogP contribution >= 0.6 is 11.6 Å². The second kappa shape index (κ2) is 7.31. The van der Waals surface area contributed by atoms with Crippen molar-refractivity contribution in [1.82, 2.24) is 5.32 Å². The van der Waals surface area contributed by atoms with E-state index in [9.17, 15) is 22.8 Å². The molecule has 0 spiro atoms. The molecule has 1 aromatic rings. The number of rotatable bonds is 5. The van der Waals surface area contributed by atoms with E-state index in [1.807, 2.05) is 0 Å². The van der Waals surface area contributed by atoms with Crippen LogP contribution in [0.3, 0.4) is 0 Å². The molecule has 0 aromatic heterocycles. The molecule has 4 nitrogen and oxygen atoms in total. The molecule has 1 amide bonds. The first-order valence-corrected chi connectivity index (χ1v) is 6.48. The highest BCUT2D eigenvalue weighted by Crippen LogP contribution is 2.22. The standard InChI is InChI=1S/C14H13ClF3NO3/c1-22-12(21)13(7-8-15,19-11(20)14(16,17)18)9-10-5-3-2-4-6-10/h2-8H,9H2,1H3,(H,19,20)/b8-7+/t13-/m1/s1.